The molecule has 3 atom stereocenters. The van der Waals surface area contributed by atoms with Crippen LogP contribution < -0.4 is 0 Å². The molecule has 3 nitrogen and oxygen atoms in total. The molecule has 0 saturated carbocycles. The van der Waals surface area contributed by atoms with Gasteiger partial charge in [-0.2, -0.15) is 13.2 Å². The second kappa shape index (κ2) is 4.74. The molecule has 2 saturated heterocycles. The number of ether oxygens (including phenoxy) is 2. The van der Waals surface area contributed by atoms with Gasteiger partial charge in [0.1, 0.15) is 0 Å². The van der Waals surface area contributed by atoms with Crippen molar-refractivity contribution in [2.45, 2.75) is 43.6 Å². The Morgan fingerprint density at radius 1 is 1.35 bits per heavy atom. The Bertz CT molecular complexity index is 261. The largest absolute Gasteiger partial charge is 0.392 e. The number of rotatable bonds is 2. The summed E-state index contributed by atoms with van der Waals surface area (Å²) in [6.07, 6.45) is -5.10. The smallest absolute Gasteiger partial charge is 0.391 e. The molecule has 2 aliphatic rings. The van der Waals surface area contributed by atoms with E-state index in [2.05, 4.69) is 0 Å². The highest BCUT2D eigenvalue weighted by Gasteiger charge is 2.44. The molecule has 0 radical (unpaired) electrons. The molecule has 3 unspecified atom stereocenters. The molecule has 0 bridgehead atoms. The third-order valence-corrected chi connectivity index (χ3v) is 3.58. The van der Waals surface area contributed by atoms with E-state index in [0.717, 1.165) is 0 Å². The fourth-order valence-electron chi connectivity index (χ4n) is 2.66. The van der Waals surface area contributed by atoms with Gasteiger partial charge in [0, 0.05) is 19.6 Å². The van der Waals surface area contributed by atoms with Crippen molar-refractivity contribution >= 4 is 0 Å². The molecular formula is C11H17F3O3. The molecule has 2 rings (SSSR count). The molecule has 2 aliphatic heterocycles. The number of hydrogen-bond donors (Lipinski definition) is 1. The summed E-state index contributed by atoms with van der Waals surface area (Å²) < 4.78 is 47.5. The highest BCUT2D eigenvalue weighted by atomic mass is 19.4. The van der Waals surface area contributed by atoms with Gasteiger partial charge >= 0.3 is 6.18 Å². The molecule has 0 aromatic heterocycles. The normalized spacial score (nSPS) is 36.4. The Hall–Kier alpha value is -0.330. The first kappa shape index (κ1) is 13.1. The fraction of sp³-hybridized carbons (Fsp3) is 1.00. The summed E-state index contributed by atoms with van der Waals surface area (Å²) in [6, 6.07) is 0. The summed E-state index contributed by atoms with van der Waals surface area (Å²) in [7, 11) is 0. The van der Waals surface area contributed by atoms with Crippen LogP contribution in [0.1, 0.15) is 25.7 Å². The zero-order valence-corrected chi connectivity index (χ0v) is 9.50. The van der Waals surface area contributed by atoms with Crippen LogP contribution >= 0.6 is 0 Å². The lowest BCUT2D eigenvalue weighted by Crippen LogP contribution is -2.44. The summed E-state index contributed by atoms with van der Waals surface area (Å²) in [5.74, 6) is -0.341. The van der Waals surface area contributed by atoms with E-state index in [1.807, 2.05) is 0 Å². The van der Waals surface area contributed by atoms with Crippen LogP contribution in [0.5, 0.6) is 0 Å². The van der Waals surface area contributed by atoms with Crippen LogP contribution in [0.3, 0.4) is 0 Å². The third-order valence-electron chi connectivity index (χ3n) is 3.58. The number of hydrogen-bond acceptors (Lipinski definition) is 3. The summed E-state index contributed by atoms with van der Waals surface area (Å²) in [5.41, 5.74) is -0.449. The van der Waals surface area contributed by atoms with Crippen LogP contribution in [0.4, 0.5) is 13.2 Å². The van der Waals surface area contributed by atoms with Gasteiger partial charge in [0.05, 0.1) is 24.7 Å². The maximum Gasteiger partial charge on any atom is 0.391 e. The SMILES string of the molecule is OC(CC(F)(F)F)C1CCOC2(CCOC2)C1. The number of aliphatic hydroxyl groups excluding tert-OH is 1. The van der Waals surface area contributed by atoms with E-state index in [1.165, 1.54) is 0 Å². The molecular weight excluding hydrogens is 237 g/mol. The van der Waals surface area contributed by atoms with Crippen molar-refractivity contribution in [3.63, 3.8) is 0 Å². The minimum Gasteiger partial charge on any atom is -0.392 e. The molecule has 1 N–H and O–H groups in total. The molecule has 100 valence electrons. The molecule has 0 aromatic carbocycles. The minimum absolute atomic E-state index is 0.341. The van der Waals surface area contributed by atoms with E-state index >= 15 is 0 Å². The predicted octanol–water partition coefficient (Wildman–Crippen LogP) is 1.89. The van der Waals surface area contributed by atoms with Gasteiger partial charge in [-0.15, -0.1) is 0 Å². The molecule has 0 aliphatic carbocycles. The number of alkyl halides is 3. The first-order chi connectivity index (χ1) is 7.90. The molecule has 1 spiro atoms. The third kappa shape index (κ3) is 3.33. The fourth-order valence-corrected chi connectivity index (χ4v) is 2.66. The van der Waals surface area contributed by atoms with Gasteiger partial charge in [-0.3, -0.25) is 0 Å². The molecule has 0 amide bonds. The molecule has 6 heteroatoms. The second-order valence-corrected chi connectivity index (χ2v) is 4.97. The van der Waals surface area contributed by atoms with Gasteiger partial charge in [0.25, 0.3) is 0 Å². The van der Waals surface area contributed by atoms with E-state index in [-0.39, 0.29) is 5.92 Å². The molecule has 0 aromatic rings. The second-order valence-electron chi connectivity index (χ2n) is 4.97. The van der Waals surface area contributed by atoms with Crippen molar-refractivity contribution in [2.24, 2.45) is 5.92 Å². The zero-order valence-electron chi connectivity index (χ0n) is 9.50. The van der Waals surface area contributed by atoms with Crippen LogP contribution in [-0.2, 0) is 9.47 Å². The summed E-state index contributed by atoms with van der Waals surface area (Å²) in [6.45, 7) is 1.42. The van der Waals surface area contributed by atoms with Gasteiger partial charge in [0.2, 0.25) is 0 Å². The Kier molecular flexibility index (Phi) is 3.66. The quantitative estimate of drug-likeness (QED) is 0.817. The maximum absolute atomic E-state index is 12.2. The van der Waals surface area contributed by atoms with E-state index in [9.17, 15) is 18.3 Å². The Morgan fingerprint density at radius 2 is 2.12 bits per heavy atom. The lowest BCUT2D eigenvalue weighted by Gasteiger charge is -2.39. The van der Waals surface area contributed by atoms with E-state index in [0.29, 0.717) is 39.1 Å². The van der Waals surface area contributed by atoms with Gasteiger partial charge in [-0.05, 0) is 18.8 Å². The first-order valence-electron chi connectivity index (χ1n) is 5.87. The summed E-state index contributed by atoms with van der Waals surface area (Å²) in [4.78, 5) is 0. The van der Waals surface area contributed by atoms with E-state index < -0.39 is 24.3 Å². The average Bonchev–Trinajstić information content (AvgIpc) is 2.64. The summed E-state index contributed by atoms with van der Waals surface area (Å²) in [5, 5.41) is 9.64. The molecule has 2 heterocycles. The standard InChI is InChI=1S/C11H17F3O3/c12-11(13,14)6-9(15)8-1-3-17-10(5-8)2-4-16-7-10/h8-9,15H,1-7H2. The minimum atomic E-state index is -4.31. The van der Waals surface area contributed by atoms with Crippen molar-refractivity contribution in [1.82, 2.24) is 0 Å². The molecule has 2 fully saturated rings. The average molecular weight is 254 g/mol. The van der Waals surface area contributed by atoms with Crippen molar-refractivity contribution < 1.29 is 27.8 Å². The van der Waals surface area contributed by atoms with Gasteiger partial charge < -0.3 is 14.6 Å². The van der Waals surface area contributed by atoms with Crippen LogP contribution in [0, 0.1) is 5.92 Å². The highest BCUT2D eigenvalue weighted by molar-refractivity contribution is 4.92. The van der Waals surface area contributed by atoms with Crippen LogP contribution in [0.25, 0.3) is 0 Å². The van der Waals surface area contributed by atoms with Crippen molar-refractivity contribution in [1.29, 1.82) is 0 Å². The maximum atomic E-state index is 12.2. The highest BCUT2D eigenvalue weighted by Crippen LogP contribution is 2.39. The predicted molar refractivity (Wildman–Crippen MR) is 53.5 cm³/mol. The van der Waals surface area contributed by atoms with Crippen molar-refractivity contribution in [3.8, 4) is 0 Å². The Morgan fingerprint density at radius 3 is 2.71 bits per heavy atom. The Labute approximate surface area is 97.9 Å². The zero-order chi connectivity index (χ0) is 12.5. The topological polar surface area (TPSA) is 38.7 Å². The molecule has 17 heavy (non-hydrogen) atoms. The summed E-state index contributed by atoms with van der Waals surface area (Å²) >= 11 is 0. The van der Waals surface area contributed by atoms with Gasteiger partial charge in [-0.25, -0.2) is 0 Å². The lowest BCUT2D eigenvalue weighted by atomic mass is 9.81. The van der Waals surface area contributed by atoms with Crippen molar-refractivity contribution in [2.75, 3.05) is 19.8 Å². The van der Waals surface area contributed by atoms with Crippen LogP contribution in [0.2, 0.25) is 0 Å². The van der Waals surface area contributed by atoms with Gasteiger partial charge in [-0.1, -0.05) is 0 Å². The van der Waals surface area contributed by atoms with Gasteiger partial charge in [0.15, 0.2) is 0 Å². The number of halogens is 3. The van der Waals surface area contributed by atoms with Crippen molar-refractivity contribution in [3.05, 3.63) is 0 Å². The monoisotopic (exact) mass is 254 g/mol. The van der Waals surface area contributed by atoms with E-state index in [1.54, 1.807) is 0 Å². The van der Waals surface area contributed by atoms with Crippen LogP contribution in [0.15, 0.2) is 0 Å². The number of aliphatic hydroxyl groups is 1. The Balaban J connectivity index is 1.92. The van der Waals surface area contributed by atoms with Crippen LogP contribution in [-0.4, -0.2) is 42.8 Å². The first-order valence-corrected chi connectivity index (χ1v) is 5.87. The van der Waals surface area contributed by atoms with E-state index in [4.69, 9.17) is 9.47 Å². The lowest BCUT2D eigenvalue weighted by molar-refractivity contribution is -0.173.